The molecule has 0 spiro atoms. The van der Waals surface area contributed by atoms with Gasteiger partial charge in [0.05, 0.1) is 5.69 Å². The molecule has 0 bridgehead atoms. The number of hydrogen-bond donors (Lipinski definition) is 1. The van der Waals surface area contributed by atoms with Crippen molar-refractivity contribution in [2.75, 3.05) is 28.2 Å². The molecular weight excluding hydrogens is 306 g/mol. The van der Waals surface area contributed by atoms with E-state index in [-0.39, 0.29) is 17.6 Å². The standard InChI is InChI=1S/C14H21N3O4S/c1-9-12(18)11(7-21-13(19)16(2)3)10(6-15-9)8-22-14(20)17(4)5/h6,18H,7-8H2,1-5H3. The van der Waals surface area contributed by atoms with Crippen LogP contribution >= 0.6 is 11.8 Å². The van der Waals surface area contributed by atoms with Gasteiger partial charge in [0, 0.05) is 45.7 Å². The van der Waals surface area contributed by atoms with Crippen LogP contribution in [0.3, 0.4) is 0 Å². The Labute approximate surface area is 134 Å². The van der Waals surface area contributed by atoms with Gasteiger partial charge in [0.15, 0.2) is 0 Å². The lowest BCUT2D eigenvalue weighted by Gasteiger charge is -2.16. The van der Waals surface area contributed by atoms with Gasteiger partial charge < -0.3 is 19.6 Å². The van der Waals surface area contributed by atoms with Crippen molar-refractivity contribution in [2.24, 2.45) is 0 Å². The van der Waals surface area contributed by atoms with Gasteiger partial charge in [-0.3, -0.25) is 9.78 Å². The molecular formula is C14H21N3O4S. The third-order valence-electron chi connectivity index (χ3n) is 2.85. The van der Waals surface area contributed by atoms with Crippen molar-refractivity contribution in [3.63, 3.8) is 0 Å². The lowest BCUT2D eigenvalue weighted by atomic mass is 10.1. The number of aromatic nitrogens is 1. The molecule has 7 nitrogen and oxygen atoms in total. The zero-order valence-corrected chi connectivity index (χ0v) is 14.2. The molecule has 1 aromatic rings. The molecule has 1 rings (SSSR count). The van der Waals surface area contributed by atoms with Gasteiger partial charge in [-0.25, -0.2) is 4.79 Å². The molecule has 0 aliphatic carbocycles. The van der Waals surface area contributed by atoms with Crippen molar-refractivity contribution in [1.29, 1.82) is 0 Å². The minimum absolute atomic E-state index is 0.0121. The maximum atomic E-state index is 11.6. The SMILES string of the molecule is Cc1ncc(CSC(=O)N(C)C)c(COC(=O)N(C)C)c1O. The van der Waals surface area contributed by atoms with E-state index in [1.54, 1.807) is 41.3 Å². The largest absolute Gasteiger partial charge is 0.506 e. The van der Waals surface area contributed by atoms with Gasteiger partial charge >= 0.3 is 6.09 Å². The second-order valence-electron chi connectivity index (χ2n) is 5.09. The topological polar surface area (TPSA) is 83.0 Å². The van der Waals surface area contributed by atoms with Crippen LogP contribution in [-0.2, 0) is 17.1 Å². The number of carbonyl (C=O) groups is 2. The van der Waals surface area contributed by atoms with E-state index in [9.17, 15) is 14.7 Å². The normalized spacial score (nSPS) is 10.2. The van der Waals surface area contributed by atoms with E-state index in [1.807, 2.05) is 0 Å². The monoisotopic (exact) mass is 327 g/mol. The number of nitrogens with zero attached hydrogens (tertiary/aromatic N) is 3. The lowest BCUT2D eigenvalue weighted by molar-refractivity contribution is 0.111. The van der Waals surface area contributed by atoms with Gasteiger partial charge in [0.25, 0.3) is 5.24 Å². The summed E-state index contributed by atoms with van der Waals surface area (Å²) in [5.41, 5.74) is 1.58. The number of aromatic hydroxyl groups is 1. The predicted octanol–water partition coefficient (Wildman–Crippen LogP) is 2.21. The number of pyridine rings is 1. The minimum atomic E-state index is -0.503. The van der Waals surface area contributed by atoms with Crippen LogP contribution in [0.2, 0.25) is 0 Å². The first kappa shape index (κ1) is 18.1. The van der Waals surface area contributed by atoms with Crippen molar-refractivity contribution in [1.82, 2.24) is 14.8 Å². The molecule has 1 heterocycles. The van der Waals surface area contributed by atoms with Gasteiger partial charge in [-0.1, -0.05) is 11.8 Å². The summed E-state index contributed by atoms with van der Waals surface area (Å²) in [6.45, 7) is 1.59. The number of carbonyl (C=O) groups excluding carboxylic acids is 2. The highest BCUT2D eigenvalue weighted by Gasteiger charge is 2.16. The van der Waals surface area contributed by atoms with Gasteiger partial charge in [0.1, 0.15) is 12.4 Å². The number of thioether (sulfide) groups is 1. The lowest BCUT2D eigenvalue weighted by Crippen LogP contribution is -2.22. The van der Waals surface area contributed by atoms with Crippen LogP contribution in [0, 0.1) is 6.92 Å². The summed E-state index contributed by atoms with van der Waals surface area (Å²) >= 11 is 1.09. The maximum Gasteiger partial charge on any atom is 0.409 e. The highest BCUT2D eigenvalue weighted by Crippen LogP contribution is 2.28. The second-order valence-corrected chi connectivity index (χ2v) is 6.02. The Morgan fingerprint density at radius 2 is 1.91 bits per heavy atom. The van der Waals surface area contributed by atoms with E-state index in [1.165, 1.54) is 9.80 Å². The molecule has 22 heavy (non-hydrogen) atoms. The Bertz CT molecular complexity index is 561. The van der Waals surface area contributed by atoms with Crippen LogP contribution in [0.1, 0.15) is 16.8 Å². The Hall–Kier alpha value is -1.96. The Kier molecular flexibility index (Phi) is 6.48. The predicted molar refractivity (Wildman–Crippen MR) is 84.9 cm³/mol. The summed E-state index contributed by atoms with van der Waals surface area (Å²) in [6.07, 6.45) is 1.08. The molecule has 122 valence electrons. The molecule has 0 atom stereocenters. The molecule has 0 aliphatic rings. The molecule has 0 aliphatic heterocycles. The van der Waals surface area contributed by atoms with Crippen LogP contribution in [0.25, 0.3) is 0 Å². The minimum Gasteiger partial charge on any atom is -0.506 e. The highest BCUT2D eigenvalue weighted by atomic mass is 32.2. The Balaban J connectivity index is 2.90. The highest BCUT2D eigenvalue weighted by molar-refractivity contribution is 8.12. The summed E-state index contributed by atoms with van der Waals surface area (Å²) in [5.74, 6) is 0.328. The zero-order chi connectivity index (χ0) is 16.9. The smallest absolute Gasteiger partial charge is 0.409 e. The third-order valence-corrected chi connectivity index (χ3v) is 3.92. The first-order chi connectivity index (χ1) is 10.2. The van der Waals surface area contributed by atoms with Gasteiger partial charge in [-0.2, -0.15) is 0 Å². The molecule has 1 aromatic heterocycles. The number of ether oxygens (including phenoxy) is 1. The van der Waals surface area contributed by atoms with Crippen LogP contribution < -0.4 is 0 Å². The summed E-state index contributed by atoms with van der Waals surface area (Å²) in [4.78, 5) is 30.0. The summed E-state index contributed by atoms with van der Waals surface area (Å²) < 4.78 is 5.11. The van der Waals surface area contributed by atoms with E-state index < -0.39 is 6.09 Å². The number of amides is 2. The van der Waals surface area contributed by atoms with E-state index >= 15 is 0 Å². The Morgan fingerprint density at radius 1 is 1.27 bits per heavy atom. The van der Waals surface area contributed by atoms with E-state index in [2.05, 4.69) is 4.98 Å². The molecule has 0 saturated carbocycles. The van der Waals surface area contributed by atoms with Gasteiger partial charge in [-0.15, -0.1) is 0 Å². The molecule has 0 fully saturated rings. The fourth-order valence-corrected chi connectivity index (χ4v) is 2.29. The molecule has 0 radical (unpaired) electrons. The van der Waals surface area contributed by atoms with E-state index in [4.69, 9.17) is 4.74 Å². The van der Waals surface area contributed by atoms with Crippen LogP contribution in [-0.4, -0.2) is 59.4 Å². The maximum absolute atomic E-state index is 11.6. The average molecular weight is 327 g/mol. The third kappa shape index (κ3) is 4.80. The van der Waals surface area contributed by atoms with Crippen LogP contribution in [0.4, 0.5) is 9.59 Å². The van der Waals surface area contributed by atoms with Crippen molar-refractivity contribution < 1.29 is 19.4 Å². The van der Waals surface area contributed by atoms with Crippen molar-refractivity contribution >= 4 is 23.1 Å². The summed E-state index contributed by atoms with van der Waals surface area (Å²) in [5, 5.41) is 10.0. The molecule has 0 aromatic carbocycles. The van der Waals surface area contributed by atoms with Crippen molar-refractivity contribution in [2.45, 2.75) is 19.3 Å². The molecule has 0 saturated heterocycles. The van der Waals surface area contributed by atoms with Gasteiger partial charge in [-0.05, 0) is 12.5 Å². The van der Waals surface area contributed by atoms with Crippen LogP contribution in [0.15, 0.2) is 6.20 Å². The molecule has 8 heteroatoms. The average Bonchev–Trinajstić information content (AvgIpc) is 2.46. The van der Waals surface area contributed by atoms with Gasteiger partial charge in [0.2, 0.25) is 0 Å². The quantitative estimate of drug-likeness (QED) is 0.913. The van der Waals surface area contributed by atoms with E-state index in [0.29, 0.717) is 22.6 Å². The van der Waals surface area contributed by atoms with Crippen molar-refractivity contribution in [3.8, 4) is 5.75 Å². The Morgan fingerprint density at radius 3 is 2.45 bits per heavy atom. The molecule has 0 unspecified atom stereocenters. The van der Waals surface area contributed by atoms with Crippen LogP contribution in [0.5, 0.6) is 5.75 Å². The molecule has 1 N–H and O–H groups in total. The fourth-order valence-electron chi connectivity index (χ4n) is 1.50. The number of rotatable bonds is 4. The summed E-state index contributed by atoms with van der Waals surface area (Å²) in [6, 6.07) is 0. The summed E-state index contributed by atoms with van der Waals surface area (Å²) in [7, 11) is 6.49. The number of hydrogen-bond acceptors (Lipinski definition) is 6. The second kappa shape index (κ2) is 7.88. The fraction of sp³-hybridized carbons (Fsp3) is 0.500. The first-order valence-electron chi connectivity index (χ1n) is 6.58. The van der Waals surface area contributed by atoms with Crippen molar-refractivity contribution in [3.05, 3.63) is 23.0 Å². The van der Waals surface area contributed by atoms with E-state index in [0.717, 1.165) is 11.8 Å². The molecule has 2 amide bonds. The number of aryl methyl sites for hydroxylation is 1. The first-order valence-corrected chi connectivity index (χ1v) is 7.57. The zero-order valence-electron chi connectivity index (χ0n) is 13.4.